The van der Waals surface area contributed by atoms with Crippen LogP contribution in [0.25, 0.3) is 0 Å². The van der Waals surface area contributed by atoms with Gasteiger partial charge >= 0.3 is 0 Å². The Hall–Kier alpha value is -1.65. The summed E-state index contributed by atoms with van der Waals surface area (Å²) in [6.07, 6.45) is 0. The molecule has 0 aliphatic carbocycles. The van der Waals surface area contributed by atoms with Gasteiger partial charge in [-0.15, -0.1) is 0 Å². The van der Waals surface area contributed by atoms with E-state index in [9.17, 15) is 4.79 Å². The fourth-order valence-corrected chi connectivity index (χ4v) is 2.58. The molecule has 0 aliphatic rings. The highest BCUT2D eigenvalue weighted by Gasteiger charge is 2.11. The Labute approximate surface area is 133 Å². The Morgan fingerprint density at radius 3 is 2.67 bits per heavy atom. The van der Waals surface area contributed by atoms with E-state index in [2.05, 4.69) is 15.9 Å². The first-order valence-corrected chi connectivity index (χ1v) is 7.48. The molecule has 2 aromatic carbocycles. The van der Waals surface area contributed by atoms with E-state index in [-0.39, 0.29) is 5.78 Å². The molecule has 0 radical (unpaired) electrons. The van der Waals surface area contributed by atoms with Crippen LogP contribution >= 0.6 is 15.9 Å². The van der Waals surface area contributed by atoms with Crippen molar-refractivity contribution in [3.8, 4) is 5.75 Å². The summed E-state index contributed by atoms with van der Waals surface area (Å²) in [5, 5.41) is 0. The van der Waals surface area contributed by atoms with Gasteiger partial charge in [-0.25, -0.2) is 0 Å². The number of halogens is 1. The van der Waals surface area contributed by atoms with Crippen LogP contribution in [0.15, 0.2) is 53.0 Å². The minimum absolute atomic E-state index is 0.105. The molecule has 2 aromatic rings. The highest BCUT2D eigenvalue weighted by atomic mass is 79.9. The third-order valence-corrected chi connectivity index (χ3v) is 3.69. The molecular weight excluding hydrogens is 330 g/mol. The number of hydrogen-bond donors (Lipinski definition) is 0. The van der Waals surface area contributed by atoms with E-state index in [1.54, 1.807) is 7.11 Å². The summed E-state index contributed by atoms with van der Waals surface area (Å²) in [7, 11) is 3.59. The lowest BCUT2D eigenvalue weighted by Gasteiger charge is -2.17. The molecule has 110 valence electrons. The summed E-state index contributed by atoms with van der Waals surface area (Å²) in [6.45, 7) is 1.04. The number of likely N-dealkylation sites (N-methyl/N-ethyl adjacent to an activating group) is 1. The topological polar surface area (TPSA) is 29.5 Å². The van der Waals surface area contributed by atoms with Gasteiger partial charge in [-0.2, -0.15) is 0 Å². The van der Waals surface area contributed by atoms with Gasteiger partial charge in [0.25, 0.3) is 0 Å². The molecular formula is C17H18BrNO2. The van der Waals surface area contributed by atoms with Crippen LogP contribution in [0.1, 0.15) is 15.9 Å². The lowest BCUT2D eigenvalue weighted by molar-refractivity contribution is 0.0942. The minimum Gasteiger partial charge on any atom is -0.496 e. The maximum absolute atomic E-state index is 12.3. The third-order valence-electron chi connectivity index (χ3n) is 3.19. The maximum Gasteiger partial charge on any atom is 0.176 e. The largest absolute Gasteiger partial charge is 0.496 e. The Bertz CT molecular complexity index is 628. The van der Waals surface area contributed by atoms with E-state index in [4.69, 9.17) is 4.74 Å². The number of rotatable bonds is 6. The van der Waals surface area contributed by atoms with E-state index in [1.165, 1.54) is 0 Å². The van der Waals surface area contributed by atoms with Crippen molar-refractivity contribution in [3.63, 3.8) is 0 Å². The Kier molecular flexibility index (Phi) is 5.53. The first kappa shape index (κ1) is 15.7. The second kappa shape index (κ2) is 7.38. The number of ether oxygens (including phenoxy) is 1. The SMILES string of the molecule is COc1ccccc1CN(C)CC(=O)c1cccc(Br)c1. The number of methoxy groups -OCH3 is 1. The fraction of sp³-hybridized carbons (Fsp3) is 0.235. The molecule has 21 heavy (non-hydrogen) atoms. The third kappa shape index (κ3) is 4.41. The standard InChI is InChI=1S/C17H18BrNO2/c1-19(11-14-6-3-4-9-17(14)21-2)12-16(20)13-7-5-8-15(18)10-13/h3-10H,11-12H2,1-2H3. The average molecular weight is 348 g/mol. The van der Waals surface area contributed by atoms with Crippen LogP contribution in [0.5, 0.6) is 5.75 Å². The number of Topliss-reactive ketones (excluding diaryl/α,β-unsaturated/α-hetero) is 1. The maximum atomic E-state index is 12.3. The van der Waals surface area contributed by atoms with Crippen LogP contribution in [0.2, 0.25) is 0 Å². The van der Waals surface area contributed by atoms with Gasteiger partial charge in [0, 0.05) is 22.1 Å². The minimum atomic E-state index is 0.105. The number of ketones is 1. The average Bonchev–Trinajstić information content (AvgIpc) is 2.47. The molecule has 0 unspecified atom stereocenters. The number of para-hydroxylation sites is 1. The summed E-state index contributed by atoms with van der Waals surface area (Å²) in [6, 6.07) is 15.3. The molecule has 0 bridgehead atoms. The zero-order valence-corrected chi connectivity index (χ0v) is 13.8. The van der Waals surface area contributed by atoms with E-state index in [0.29, 0.717) is 13.1 Å². The molecule has 0 amide bonds. The fourth-order valence-electron chi connectivity index (χ4n) is 2.18. The van der Waals surface area contributed by atoms with Crippen LogP contribution in [0, 0.1) is 0 Å². The van der Waals surface area contributed by atoms with Gasteiger partial charge in [-0.1, -0.05) is 46.3 Å². The predicted octanol–water partition coefficient (Wildman–Crippen LogP) is 3.77. The zero-order valence-electron chi connectivity index (χ0n) is 12.2. The van der Waals surface area contributed by atoms with Crippen molar-refractivity contribution in [3.05, 3.63) is 64.1 Å². The Morgan fingerprint density at radius 1 is 1.19 bits per heavy atom. The first-order valence-electron chi connectivity index (χ1n) is 6.69. The molecule has 0 aromatic heterocycles. The van der Waals surface area contributed by atoms with Crippen LogP contribution in [-0.4, -0.2) is 31.4 Å². The summed E-state index contributed by atoms with van der Waals surface area (Å²) in [5.74, 6) is 0.952. The van der Waals surface area contributed by atoms with Gasteiger partial charge in [0.05, 0.1) is 13.7 Å². The Balaban J connectivity index is 2.01. The molecule has 0 fully saturated rings. The van der Waals surface area contributed by atoms with Gasteiger partial charge < -0.3 is 4.74 Å². The number of hydrogen-bond acceptors (Lipinski definition) is 3. The predicted molar refractivity (Wildman–Crippen MR) is 87.8 cm³/mol. The molecule has 0 atom stereocenters. The van der Waals surface area contributed by atoms with Crippen molar-refractivity contribution in [2.75, 3.05) is 20.7 Å². The Morgan fingerprint density at radius 2 is 1.95 bits per heavy atom. The summed E-state index contributed by atoms with van der Waals surface area (Å²) >= 11 is 3.39. The number of carbonyl (C=O) groups is 1. The van der Waals surface area contributed by atoms with Crippen LogP contribution < -0.4 is 4.74 Å². The van der Waals surface area contributed by atoms with Crippen LogP contribution in [0.3, 0.4) is 0 Å². The highest BCUT2D eigenvalue weighted by Crippen LogP contribution is 2.19. The number of carbonyl (C=O) groups excluding carboxylic acids is 1. The van der Waals surface area contributed by atoms with Crippen molar-refractivity contribution < 1.29 is 9.53 Å². The molecule has 4 heteroatoms. The van der Waals surface area contributed by atoms with Crippen LogP contribution in [0.4, 0.5) is 0 Å². The molecule has 0 saturated carbocycles. The molecule has 2 rings (SSSR count). The zero-order chi connectivity index (χ0) is 15.2. The van der Waals surface area contributed by atoms with E-state index in [1.807, 2.05) is 60.5 Å². The van der Waals surface area contributed by atoms with Crippen molar-refractivity contribution in [2.45, 2.75) is 6.54 Å². The van der Waals surface area contributed by atoms with E-state index >= 15 is 0 Å². The molecule has 3 nitrogen and oxygen atoms in total. The second-order valence-electron chi connectivity index (χ2n) is 4.92. The van der Waals surface area contributed by atoms with Crippen molar-refractivity contribution in [2.24, 2.45) is 0 Å². The molecule has 0 saturated heterocycles. The molecule has 0 heterocycles. The quantitative estimate of drug-likeness (QED) is 0.745. The smallest absolute Gasteiger partial charge is 0.176 e. The van der Waals surface area contributed by atoms with Crippen molar-refractivity contribution in [1.29, 1.82) is 0 Å². The molecule has 0 N–H and O–H groups in total. The molecule has 0 spiro atoms. The van der Waals surface area contributed by atoms with Gasteiger partial charge in [0.15, 0.2) is 5.78 Å². The van der Waals surface area contributed by atoms with Gasteiger partial charge in [0.2, 0.25) is 0 Å². The lowest BCUT2D eigenvalue weighted by atomic mass is 10.1. The first-order chi connectivity index (χ1) is 10.1. The van der Waals surface area contributed by atoms with Crippen molar-refractivity contribution in [1.82, 2.24) is 4.90 Å². The summed E-state index contributed by atoms with van der Waals surface area (Å²) < 4.78 is 6.25. The lowest BCUT2D eigenvalue weighted by Crippen LogP contribution is -2.25. The van der Waals surface area contributed by atoms with Gasteiger partial charge in [0.1, 0.15) is 5.75 Å². The van der Waals surface area contributed by atoms with E-state index in [0.717, 1.165) is 21.3 Å². The normalized spacial score (nSPS) is 10.7. The highest BCUT2D eigenvalue weighted by molar-refractivity contribution is 9.10. The second-order valence-corrected chi connectivity index (χ2v) is 5.83. The van der Waals surface area contributed by atoms with E-state index < -0.39 is 0 Å². The number of nitrogens with zero attached hydrogens (tertiary/aromatic N) is 1. The summed E-state index contributed by atoms with van der Waals surface area (Å²) in [5.41, 5.74) is 1.79. The van der Waals surface area contributed by atoms with Gasteiger partial charge in [-0.3, -0.25) is 9.69 Å². The van der Waals surface area contributed by atoms with Gasteiger partial charge in [-0.05, 0) is 25.2 Å². The molecule has 0 aliphatic heterocycles. The monoisotopic (exact) mass is 347 g/mol. The summed E-state index contributed by atoms with van der Waals surface area (Å²) in [4.78, 5) is 14.2. The number of benzene rings is 2. The van der Waals surface area contributed by atoms with Crippen LogP contribution in [-0.2, 0) is 6.54 Å². The van der Waals surface area contributed by atoms with Crippen molar-refractivity contribution >= 4 is 21.7 Å².